The number of carbonyl (C=O) groups excluding carboxylic acids is 2. The second kappa shape index (κ2) is 8.27. The van der Waals surface area contributed by atoms with E-state index in [0.717, 1.165) is 16.8 Å². The molecule has 0 radical (unpaired) electrons. The number of pyridine rings is 1. The number of benzene rings is 2. The van der Waals surface area contributed by atoms with Gasteiger partial charge >= 0.3 is 0 Å². The lowest BCUT2D eigenvalue weighted by molar-refractivity contribution is 0.0949. The number of hydrogen-bond acceptors (Lipinski definition) is 3. The first-order valence-corrected chi connectivity index (χ1v) is 8.69. The van der Waals surface area contributed by atoms with Crippen molar-refractivity contribution in [2.24, 2.45) is 0 Å². The second-order valence-corrected chi connectivity index (χ2v) is 6.39. The molecule has 5 nitrogen and oxygen atoms in total. The normalized spacial score (nSPS) is 10.3. The molecule has 0 atom stereocenters. The van der Waals surface area contributed by atoms with E-state index in [1.807, 2.05) is 50.2 Å². The van der Waals surface area contributed by atoms with Crippen LogP contribution in [0.5, 0.6) is 0 Å². The summed E-state index contributed by atoms with van der Waals surface area (Å²) < 4.78 is 0. The van der Waals surface area contributed by atoms with E-state index in [1.54, 1.807) is 30.5 Å². The first kappa shape index (κ1) is 18.3. The fourth-order valence-electron chi connectivity index (χ4n) is 2.64. The number of anilines is 1. The molecular formula is C22H21N3O2. The van der Waals surface area contributed by atoms with Crippen molar-refractivity contribution in [1.82, 2.24) is 10.3 Å². The highest BCUT2D eigenvalue weighted by atomic mass is 16.2. The Kier molecular flexibility index (Phi) is 5.61. The number of aryl methyl sites for hydroxylation is 2. The highest BCUT2D eigenvalue weighted by Gasteiger charge is 2.08. The highest BCUT2D eigenvalue weighted by Crippen LogP contribution is 2.13. The van der Waals surface area contributed by atoms with Gasteiger partial charge in [-0.1, -0.05) is 29.8 Å². The van der Waals surface area contributed by atoms with E-state index in [9.17, 15) is 9.59 Å². The van der Waals surface area contributed by atoms with Gasteiger partial charge in [0.15, 0.2) is 0 Å². The molecule has 1 aromatic heterocycles. The third-order valence-electron chi connectivity index (χ3n) is 4.11. The lowest BCUT2D eigenvalue weighted by atomic mass is 10.1. The number of aromatic nitrogens is 1. The summed E-state index contributed by atoms with van der Waals surface area (Å²) in [5, 5.41) is 5.77. The topological polar surface area (TPSA) is 71.1 Å². The van der Waals surface area contributed by atoms with E-state index in [-0.39, 0.29) is 11.8 Å². The summed E-state index contributed by atoms with van der Waals surface area (Å²) >= 11 is 0. The fraction of sp³-hybridized carbons (Fsp3) is 0.136. The van der Waals surface area contributed by atoms with Crippen molar-refractivity contribution in [3.05, 3.63) is 94.8 Å². The van der Waals surface area contributed by atoms with E-state index < -0.39 is 0 Å². The van der Waals surface area contributed by atoms with Crippen LogP contribution in [0.25, 0.3) is 0 Å². The van der Waals surface area contributed by atoms with Gasteiger partial charge in [-0.25, -0.2) is 0 Å². The van der Waals surface area contributed by atoms with E-state index in [0.29, 0.717) is 23.4 Å². The summed E-state index contributed by atoms with van der Waals surface area (Å²) in [6, 6.07) is 18.3. The minimum absolute atomic E-state index is 0.158. The van der Waals surface area contributed by atoms with Gasteiger partial charge in [-0.15, -0.1) is 0 Å². The molecule has 0 aliphatic heterocycles. The first-order valence-electron chi connectivity index (χ1n) is 8.69. The monoisotopic (exact) mass is 359 g/mol. The van der Waals surface area contributed by atoms with Crippen LogP contribution in [0.15, 0.2) is 66.9 Å². The van der Waals surface area contributed by atoms with Crippen LogP contribution < -0.4 is 10.6 Å². The summed E-state index contributed by atoms with van der Waals surface area (Å²) in [6.45, 7) is 4.19. The van der Waals surface area contributed by atoms with Crippen molar-refractivity contribution in [3.63, 3.8) is 0 Å². The number of nitrogens with zero attached hydrogens (tertiary/aromatic N) is 1. The summed E-state index contributed by atoms with van der Waals surface area (Å²) in [6.07, 6.45) is 1.62. The first-order chi connectivity index (χ1) is 13.0. The van der Waals surface area contributed by atoms with Gasteiger partial charge < -0.3 is 10.6 Å². The largest absolute Gasteiger partial charge is 0.348 e. The Hall–Kier alpha value is -3.47. The lowest BCUT2D eigenvalue weighted by Crippen LogP contribution is -2.23. The van der Waals surface area contributed by atoms with Gasteiger partial charge in [-0.3, -0.25) is 14.6 Å². The van der Waals surface area contributed by atoms with Crippen LogP contribution in [0.1, 0.15) is 37.5 Å². The minimum Gasteiger partial charge on any atom is -0.348 e. The SMILES string of the molecule is Cc1ccc(C(=O)Nc2cccc(CNC(=O)c3ccnc(C)c3)c2)cc1. The van der Waals surface area contributed by atoms with Crippen molar-refractivity contribution in [2.45, 2.75) is 20.4 Å². The Bertz CT molecular complexity index is 965. The molecule has 0 bridgehead atoms. The van der Waals surface area contributed by atoms with Gasteiger partial charge in [-0.2, -0.15) is 0 Å². The molecule has 0 saturated carbocycles. The average Bonchev–Trinajstić information content (AvgIpc) is 2.67. The summed E-state index contributed by atoms with van der Waals surface area (Å²) in [7, 11) is 0. The Labute approximate surface area is 158 Å². The van der Waals surface area contributed by atoms with E-state index in [4.69, 9.17) is 0 Å². The molecular weight excluding hydrogens is 338 g/mol. The molecule has 2 N–H and O–H groups in total. The van der Waals surface area contributed by atoms with Crippen LogP contribution in [-0.4, -0.2) is 16.8 Å². The number of rotatable bonds is 5. The number of nitrogens with one attached hydrogen (secondary N) is 2. The molecule has 0 fully saturated rings. The molecule has 3 aromatic rings. The third kappa shape index (κ3) is 5.01. The number of carbonyl (C=O) groups is 2. The van der Waals surface area contributed by atoms with Crippen LogP contribution in [0.3, 0.4) is 0 Å². The van der Waals surface area contributed by atoms with E-state index >= 15 is 0 Å². The molecule has 136 valence electrons. The van der Waals surface area contributed by atoms with Gasteiger partial charge in [-0.05, 0) is 55.8 Å². The maximum atomic E-state index is 12.3. The van der Waals surface area contributed by atoms with Crippen LogP contribution in [0, 0.1) is 13.8 Å². The van der Waals surface area contributed by atoms with Crippen LogP contribution >= 0.6 is 0 Å². The zero-order valence-corrected chi connectivity index (χ0v) is 15.3. The van der Waals surface area contributed by atoms with E-state index in [1.165, 1.54) is 0 Å². The quantitative estimate of drug-likeness (QED) is 0.726. The Balaban J connectivity index is 1.62. The predicted molar refractivity (Wildman–Crippen MR) is 106 cm³/mol. The van der Waals surface area contributed by atoms with Crippen molar-refractivity contribution < 1.29 is 9.59 Å². The van der Waals surface area contributed by atoms with Crippen molar-refractivity contribution in [2.75, 3.05) is 5.32 Å². The predicted octanol–water partition coefficient (Wildman–Crippen LogP) is 3.88. The van der Waals surface area contributed by atoms with Gasteiger partial charge in [0.25, 0.3) is 11.8 Å². The maximum Gasteiger partial charge on any atom is 0.255 e. The smallest absolute Gasteiger partial charge is 0.255 e. The molecule has 2 aromatic carbocycles. The van der Waals surface area contributed by atoms with Gasteiger partial charge in [0.05, 0.1) is 0 Å². The minimum atomic E-state index is -0.163. The second-order valence-electron chi connectivity index (χ2n) is 6.39. The summed E-state index contributed by atoms with van der Waals surface area (Å²) in [5.41, 5.74) is 4.67. The molecule has 0 spiro atoms. The number of amides is 2. The Morgan fingerprint density at radius 1 is 0.889 bits per heavy atom. The Morgan fingerprint density at radius 2 is 1.67 bits per heavy atom. The zero-order valence-electron chi connectivity index (χ0n) is 15.3. The molecule has 1 heterocycles. The third-order valence-corrected chi connectivity index (χ3v) is 4.11. The summed E-state index contributed by atoms with van der Waals surface area (Å²) in [4.78, 5) is 28.7. The highest BCUT2D eigenvalue weighted by molar-refractivity contribution is 6.04. The Morgan fingerprint density at radius 3 is 2.41 bits per heavy atom. The average molecular weight is 359 g/mol. The standard InChI is InChI=1S/C22H21N3O2/c1-15-6-8-18(9-7-15)22(27)25-20-5-3-4-17(13-20)14-24-21(26)19-10-11-23-16(2)12-19/h3-13H,14H2,1-2H3,(H,24,26)(H,25,27). The maximum absolute atomic E-state index is 12.3. The fourth-order valence-corrected chi connectivity index (χ4v) is 2.64. The molecule has 3 rings (SSSR count). The van der Waals surface area contributed by atoms with Crippen LogP contribution in [0.2, 0.25) is 0 Å². The summed E-state index contributed by atoms with van der Waals surface area (Å²) in [5.74, 6) is -0.321. The van der Waals surface area contributed by atoms with Crippen molar-refractivity contribution >= 4 is 17.5 Å². The molecule has 2 amide bonds. The molecule has 0 aliphatic carbocycles. The molecule has 27 heavy (non-hydrogen) atoms. The van der Waals surface area contributed by atoms with E-state index in [2.05, 4.69) is 15.6 Å². The van der Waals surface area contributed by atoms with Crippen LogP contribution in [-0.2, 0) is 6.54 Å². The van der Waals surface area contributed by atoms with Crippen molar-refractivity contribution in [1.29, 1.82) is 0 Å². The van der Waals surface area contributed by atoms with Gasteiger partial charge in [0.2, 0.25) is 0 Å². The van der Waals surface area contributed by atoms with Crippen molar-refractivity contribution in [3.8, 4) is 0 Å². The zero-order chi connectivity index (χ0) is 19.2. The number of hydrogen-bond donors (Lipinski definition) is 2. The van der Waals surface area contributed by atoms with Gasteiger partial charge in [0.1, 0.15) is 0 Å². The molecule has 0 unspecified atom stereocenters. The molecule has 0 aliphatic rings. The molecule has 0 saturated heterocycles. The van der Waals surface area contributed by atoms with Gasteiger partial charge in [0, 0.05) is 35.2 Å². The molecule has 5 heteroatoms. The lowest BCUT2D eigenvalue weighted by Gasteiger charge is -2.09. The van der Waals surface area contributed by atoms with Crippen LogP contribution in [0.4, 0.5) is 5.69 Å².